The van der Waals surface area contributed by atoms with Gasteiger partial charge < -0.3 is 10.6 Å². The van der Waals surface area contributed by atoms with Crippen molar-refractivity contribution in [2.75, 3.05) is 11.1 Å². The maximum atomic E-state index is 12.1. The van der Waals surface area contributed by atoms with Crippen LogP contribution in [0.3, 0.4) is 0 Å². The Morgan fingerprint density at radius 2 is 1.80 bits per heavy atom. The summed E-state index contributed by atoms with van der Waals surface area (Å²) in [5.41, 5.74) is 2.76. The lowest BCUT2D eigenvalue weighted by Gasteiger charge is -2.13. The van der Waals surface area contributed by atoms with Gasteiger partial charge >= 0.3 is 0 Å². The van der Waals surface area contributed by atoms with Crippen LogP contribution < -0.4 is 10.6 Å². The molecular formula is C19H21ClN2O2S. The minimum atomic E-state index is -0.328. The normalized spacial score (nSPS) is 11.6. The quantitative estimate of drug-likeness (QED) is 0.767. The van der Waals surface area contributed by atoms with Crippen molar-refractivity contribution in [3.63, 3.8) is 0 Å². The number of carbonyl (C=O) groups is 2. The van der Waals surface area contributed by atoms with Gasteiger partial charge in [-0.1, -0.05) is 47.5 Å². The van der Waals surface area contributed by atoms with E-state index >= 15 is 0 Å². The molecule has 132 valence electrons. The number of halogens is 1. The minimum Gasteiger partial charge on any atom is -0.351 e. The molecule has 0 bridgehead atoms. The number of nitrogens with one attached hydrogen (secondary N) is 2. The molecule has 0 radical (unpaired) electrons. The Labute approximate surface area is 157 Å². The van der Waals surface area contributed by atoms with Crippen LogP contribution in [0.2, 0.25) is 5.02 Å². The van der Waals surface area contributed by atoms with Crippen molar-refractivity contribution in [2.45, 2.75) is 25.6 Å². The molecule has 2 aromatic rings. The zero-order chi connectivity index (χ0) is 18.2. The molecule has 0 heterocycles. The average Bonchev–Trinajstić information content (AvgIpc) is 2.60. The Balaban J connectivity index is 1.74. The smallest absolute Gasteiger partial charge is 0.234 e. The van der Waals surface area contributed by atoms with Crippen LogP contribution in [0.15, 0.2) is 48.5 Å². The van der Waals surface area contributed by atoms with Gasteiger partial charge in [-0.2, -0.15) is 0 Å². The molecule has 2 N–H and O–H groups in total. The van der Waals surface area contributed by atoms with Crippen molar-refractivity contribution in [1.82, 2.24) is 5.32 Å². The first-order chi connectivity index (χ1) is 12.0. The summed E-state index contributed by atoms with van der Waals surface area (Å²) < 4.78 is 0. The molecule has 1 atom stereocenters. The highest BCUT2D eigenvalue weighted by Crippen LogP contribution is 2.16. The Morgan fingerprint density at radius 1 is 1.12 bits per heavy atom. The number of hydrogen-bond donors (Lipinski definition) is 2. The first kappa shape index (κ1) is 19.3. The Bertz CT molecular complexity index is 734. The summed E-state index contributed by atoms with van der Waals surface area (Å²) in [5, 5.41) is 5.96. The molecule has 0 saturated heterocycles. The van der Waals surface area contributed by atoms with Gasteiger partial charge in [0.25, 0.3) is 0 Å². The van der Waals surface area contributed by atoms with Crippen LogP contribution in [0.4, 0.5) is 5.69 Å². The van der Waals surface area contributed by atoms with Crippen molar-refractivity contribution in [2.24, 2.45) is 0 Å². The molecule has 2 rings (SSSR count). The van der Waals surface area contributed by atoms with Crippen LogP contribution >= 0.6 is 23.4 Å². The Hall–Kier alpha value is -1.98. The molecule has 0 unspecified atom stereocenters. The van der Waals surface area contributed by atoms with Gasteiger partial charge in [0.05, 0.1) is 11.0 Å². The molecule has 0 aromatic heterocycles. The topological polar surface area (TPSA) is 58.2 Å². The molecule has 4 nitrogen and oxygen atoms in total. The monoisotopic (exact) mass is 376 g/mol. The van der Waals surface area contributed by atoms with Crippen LogP contribution in [-0.4, -0.2) is 22.8 Å². The summed E-state index contributed by atoms with van der Waals surface area (Å²) in [6.45, 7) is 4.15. The molecule has 6 heteroatoms. The number of benzene rings is 2. The second kappa shape index (κ2) is 9.49. The summed E-state index contributed by atoms with van der Waals surface area (Å²) in [4.78, 5) is 24.1. The molecule has 0 spiro atoms. The van der Waals surface area contributed by atoms with Gasteiger partial charge in [0, 0.05) is 17.3 Å². The van der Waals surface area contributed by atoms with Crippen molar-refractivity contribution in [3.8, 4) is 0 Å². The maximum Gasteiger partial charge on any atom is 0.234 e. The van der Waals surface area contributed by atoms with Gasteiger partial charge in [0.1, 0.15) is 0 Å². The Morgan fingerprint density at radius 3 is 2.48 bits per heavy atom. The number of rotatable bonds is 7. The maximum absolute atomic E-state index is 12.1. The highest BCUT2D eigenvalue weighted by atomic mass is 35.5. The van der Waals surface area contributed by atoms with Gasteiger partial charge in [-0.25, -0.2) is 0 Å². The number of carbonyl (C=O) groups excluding carboxylic acids is 2. The standard InChI is InChI=1S/C19H21ClN2O2S/c1-13-7-9-16(10-8-13)22-18(23)12-25-14(2)19(24)21-11-15-5-3-4-6-17(15)20/h3-10,14H,11-12H2,1-2H3,(H,21,24)(H,22,23)/t14-/m1/s1. The van der Waals surface area contributed by atoms with Crippen molar-refractivity contribution in [1.29, 1.82) is 0 Å². The van der Waals surface area contributed by atoms with Crippen molar-refractivity contribution in [3.05, 3.63) is 64.7 Å². The molecule has 0 aliphatic rings. The summed E-state index contributed by atoms with van der Waals surface area (Å²) in [6.07, 6.45) is 0. The van der Waals surface area contributed by atoms with Crippen LogP contribution in [0.1, 0.15) is 18.1 Å². The van der Waals surface area contributed by atoms with E-state index in [0.29, 0.717) is 11.6 Å². The first-order valence-corrected chi connectivity index (χ1v) is 9.37. The second-order valence-electron chi connectivity index (χ2n) is 5.68. The summed E-state index contributed by atoms with van der Waals surface area (Å²) in [7, 11) is 0. The Kier molecular flexibility index (Phi) is 7.34. The fourth-order valence-electron chi connectivity index (χ4n) is 2.08. The van der Waals surface area contributed by atoms with E-state index in [9.17, 15) is 9.59 Å². The number of hydrogen-bond acceptors (Lipinski definition) is 3. The predicted octanol–water partition coefficient (Wildman–Crippen LogP) is 4.03. The highest BCUT2D eigenvalue weighted by molar-refractivity contribution is 8.01. The molecule has 0 aliphatic heterocycles. The summed E-state index contributed by atoms with van der Waals surface area (Å²) in [5.74, 6) is -0.0261. The fraction of sp³-hybridized carbons (Fsp3) is 0.263. The van der Waals surface area contributed by atoms with Gasteiger partial charge in [-0.3, -0.25) is 9.59 Å². The molecule has 0 saturated carbocycles. The zero-order valence-electron chi connectivity index (χ0n) is 14.2. The SMILES string of the molecule is Cc1ccc(NC(=O)CS[C@H](C)C(=O)NCc2ccccc2Cl)cc1. The van der Waals surface area contributed by atoms with E-state index in [4.69, 9.17) is 11.6 Å². The lowest BCUT2D eigenvalue weighted by atomic mass is 10.2. The van der Waals surface area contributed by atoms with Gasteiger partial charge in [0.2, 0.25) is 11.8 Å². The number of thioether (sulfide) groups is 1. The summed E-state index contributed by atoms with van der Waals surface area (Å²) in [6, 6.07) is 15.0. The second-order valence-corrected chi connectivity index (χ2v) is 7.41. The van der Waals surface area contributed by atoms with Gasteiger partial charge in [-0.05, 0) is 37.6 Å². The van der Waals surface area contributed by atoms with E-state index in [1.54, 1.807) is 13.0 Å². The van der Waals surface area contributed by atoms with E-state index in [0.717, 1.165) is 16.8 Å². The van der Waals surface area contributed by atoms with Gasteiger partial charge in [-0.15, -0.1) is 11.8 Å². The third-order valence-electron chi connectivity index (χ3n) is 3.58. The highest BCUT2D eigenvalue weighted by Gasteiger charge is 2.15. The van der Waals surface area contributed by atoms with Crippen molar-refractivity contribution >= 4 is 40.9 Å². The molecule has 0 fully saturated rings. The van der Waals surface area contributed by atoms with Crippen LogP contribution in [0.5, 0.6) is 0 Å². The zero-order valence-corrected chi connectivity index (χ0v) is 15.8. The molecule has 0 aliphatic carbocycles. The van der Waals surface area contributed by atoms with E-state index in [1.807, 2.05) is 49.4 Å². The summed E-state index contributed by atoms with van der Waals surface area (Å²) >= 11 is 7.36. The van der Waals surface area contributed by atoms with E-state index in [2.05, 4.69) is 10.6 Å². The van der Waals surface area contributed by atoms with Crippen molar-refractivity contribution < 1.29 is 9.59 Å². The third-order valence-corrected chi connectivity index (χ3v) is 5.09. The first-order valence-electron chi connectivity index (χ1n) is 7.95. The lowest BCUT2D eigenvalue weighted by molar-refractivity contribution is -0.120. The fourth-order valence-corrected chi connectivity index (χ4v) is 2.99. The molecule has 2 amide bonds. The van der Waals surface area contributed by atoms with E-state index < -0.39 is 0 Å². The number of aryl methyl sites for hydroxylation is 1. The van der Waals surface area contributed by atoms with Crippen LogP contribution in [0, 0.1) is 6.92 Å². The number of amides is 2. The molecule has 25 heavy (non-hydrogen) atoms. The van der Waals surface area contributed by atoms with E-state index in [1.165, 1.54) is 11.8 Å². The largest absolute Gasteiger partial charge is 0.351 e. The number of anilines is 1. The molecular weight excluding hydrogens is 356 g/mol. The molecule has 2 aromatic carbocycles. The third kappa shape index (κ3) is 6.44. The minimum absolute atomic E-state index is 0.118. The van der Waals surface area contributed by atoms with E-state index in [-0.39, 0.29) is 22.8 Å². The van der Waals surface area contributed by atoms with Crippen LogP contribution in [0.25, 0.3) is 0 Å². The predicted molar refractivity (Wildman–Crippen MR) is 105 cm³/mol. The van der Waals surface area contributed by atoms with Gasteiger partial charge in [0.15, 0.2) is 0 Å². The average molecular weight is 377 g/mol. The lowest BCUT2D eigenvalue weighted by Crippen LogP contribution is -2.31. The van der Waals surface area contributed by atoms with Crippen LogP contribution in [-0.2, 0) is 16.1 Å².